The average molecular weight is 320 g/mol. The number of fused-ring (bicyclic) bond motifs is 1. The predicted octanol–water partition coefficient (Wildman–Crippen LogP) is 1.67. The highest BCUT2D eigenvalue weighted by Crippen LogP contribution is 2.35. The first-order valence-corrected chi connectivity index (χ1v) is 8.60. The first kappa shape index (κ1) is 15.2. The van der Waals surface area contributed by atoms with E-state index in [1.54, 1.807) is 17.6 Å². The largest absolute Gasteiger partial charge is 0.472 e. The molecule has 3 saturated heterocycles. The van der Waals surface area contributed by atoms with Crippen LogP contribution in [0, 0.1) is 11.8 Å². The zero-order chi connectivity index (χ0) is 15.6. The van der Waals surface area contributed by atoms with Gasteiger partial charge < -0.3 is 9.15 Å². The molecule has 3 atom stereocenters. The Morgan fingerprint density at radius 2 is 2.22 bits per heavy atom. The number of hydrogen-bond donors (Lipinski definition) is 0. The minimum Gasteiger partial charge on any atom is -0.472 e. The van der Waals surface area contributed by atoms with Gasteiger partial charge in [0.25, 0.3) is 5.91 Å². The number of likely N-dealkylation sites (tertiary alicyclic amines) is 1. The summed E-state index contributed by atoms with van der Waals surface area (Å²) in [7, 11) is 0. The van der Waals surface area contributed by atoms with Crippen LogP contribution in [-0.2, 0) is 20.9 Å². The molecule has 0 radical (unpaired) electrons. The second kappa shape index (κ2) is 6.63. The molecule has 4 rings (SSSR count). The summed E-state index contributed by atoms with van der Waals surface area (Å²) in [4.78, 5) is 20.8. The van der Waals surface area contributed by atoms with Crippen molar-refractivity contribution in [3.05, 3.63) is 24.2 Å². The maximum atomic E-state index is 12.9. The van der Waals surface area contributed by atoms with Crippen molar-refractivity contribution in [1.82, 2.24) is 9.96 Å². The number of ether oxygens (including phenoxy) is 1. The summed E-state index contributed by atoms with van der Waals surface area (Å²) in [6, 6.07) is 1.98. The molecule has 0 unspecified atom stereocenters. The molecule has 0 bridgehead atoms. The van der Waals surface area contributed by atoms with Gasteiger partial charge in [-0.1, -0.05) is 0 Å². The molecule has 0 aliphatic carbocycles. The number of carbonyl (C=O) groups is 1. The molecule has 0 aromatic carbocycles. The Morgan fingerprint density at radius 3 is 3.00 bits per heavy atom. The Morgan fingerprint density at radius 1 is 1.26 bits per heavy atom. The van der Waals surface area contributed by atoms with E-state index in [2.05, 4.69) is 4.90 Å². The molecule has 1 amide bonds. The topological polar surface area (TPSA) is 55.2 Å². The van der Waals surface area contributed by atoms with Crippen LogP contribution < -0.4 is 0 Å². The third-order valence-electron chi connectivity index (χ3n) is 5.22. The van der Waals surface area contributed by atoms with Crippen LogP contribution in [0.15, 0.2) is 23.0 Å². The minimum absolute atomic E-state index is 0.0266. The average Bonchev–Trinajstić information content (AvgIpc) is 3.26. The zero-order valence-corrected chi connectivity index (χ0v) is 13.4. The Kier molecular flexibility index (Phi) is 4.37. The van der Waals surface area contributed by atoms with E-state index in [-0.39, 0.29) is 17.9 Å². The Labute approximate surface area is 136 Å². The van der Waals surface area contributed by atoms with E-state index < -0.39 is 0 Å². The lowest BCUT2D eigenvalue weighted by atomic mass is 9.82. The Balaban J connectivity index is 1.47. The zero-order valence-electron chi connectivity index (χ0n) is 13.4. The van der Waals surface area contributed by atoms with E-state index in [1.165, 1.54) is 0 Å². The summed E-state index contributed by atoms with van der Waals surface area (Å²) >= 11 is 0. The SMILES string of the molecule is O=C([C@@H]1CN(Cc2ccoc2)C[C@@H]2OCC[C@@H]21)N1CCCCO1. The van der Waals surface area contributed by atoms with Gasteiger partial charge in [-0.2, -0.15) is 0 Å². The lowest BCUT2D eigenvalue weighted by molar-refractivity contribution is -0.205. The van der Waals surface area contributed by atoms with E-state index in [4.69, 9.17) is 14.0 Å². The Hall–Kier alpha value is -1.37. The summed E-state index contributed by atoms with van der Waals surface area (Å²) in [5.74, 6) is 0.442. The lowest BCUT2D eigenvalue weighted by Gasteiger charge is -2.41. The van der Waals surface area contributed by atoms with Crippen molar-refractivity contribution in [3.8, 4) is 0 Å². The van der Waals surface area contributed by atoms with Crippen LogP contribution in [0.5, 0.6) is 0 Å². The molecule has 126 valence electrons. The molecule has 0 spiro atoms. The first-order chi connectivity index (χ1) is 11.3. The van der Waals surface area contributed by atoms with Crippen molar-refractivity contribution < 1.29 is 18.8 Å². The van der Waals surface area contributed by atoms with Gasteiger partial charge in [0.05, 0.1) is 31.2 Å². The predicted molar refractivity (Wildman–Crippen MR) is 82.2 cm³/mol. The summed E-state index contributed by atoms with van der Waals surface area (Å²) in [6.45, 7) is 4.60. The molecule has 3 fully saturated rings. The first-order valence-electron chi connectivity index (χ1n) is 8.60. The highest BCUT2D eigenvalue weighted by Gasteiger charge is 2.45. The van der Waals surface area contributed by atoms with Gasteiger partial charge in [-0.15, -0.1) is 0 Å². The highest BCUT2D eigenvalue weighted by molar-refractivity contribution is 5.78. The lowest BCUT2D eigenvalue weighted by Crippen LogP contribution is -2.53. The highest BCUT2D eigenvalue weighted by atomic mass is 16.7. The van der Waals surface area contributed by atoms with Crippen LogP contribution in [0.1, 0.15) is 24.8 Å². The fourth-order valence-electron chi connectivity index (χ4n) is 4.04. The maximum absolute atomic E-state index is 12.9. The fourth-order valence-corrected chi connectivity index (χ4v) is 4.04. The number of carbonyl (C=O) groups excluding carboxylic acids is 1. The van der Waals surface area contributed by atoms with Gasteiger partial charge in [-0.25, -0.2) is 5.06 Å². The second-order valence-electron chi connectivity index (χ2n) is 6.77. The molecule has 3 aliphatic heterocycles. The number of piperidine rings is 1. The van der Waals surface area contributed by atoms with Gasteiger partial charge in [-0.05, 0) is 25.3 Å². The summed E-state index contributed by atoms with van der Waals surface area (Å²) in [5, 5.41) is 1.60. The Bertz CT molecular complexity index is 527. The van der Waals surface area contributed by atoms with Crippen molar-refractivity contribution >= 4 is 5.91 Å². The molecule has 1 aromatic rings. The monoisotopic (exact) mass is 320 g/mol. The van der Waals surface area contributed by atoms with E-state index in [1.807, 2.05) is 6.07 Å². The van der Waals surface area contributed by atoms with Crippen molar-refractivity contribution in [2.24, 2.45) is 11.8 Å². The van der Waals surface area contributed by atoms with Crippen molar-refractivity contribution in [2.75, 3.05) is 32.8 Å². The van der Waals surface area contributed by atoms with Gasteiger partial charge in [0.15, 0.2) is 0 Å². The van der Waals surface area contributed by atoms with E-state index in [0.29, 0.717) is 12.5 Å². The normalized spacial score (nSPS) is 32.0. The molecule has 3 aliphatic rings. The van der Waals surface area contributed by atoms with Crippen LogP contribution in [-0.4, -0.2) is 54.8 Å². The molecular weight excluding hydrogens is 296 g/mol. The van der Waals surface area contributed by atoms with Gasteiger partial charge >= 0.3 is 0 Å². The van der Waals surface area contributed by atoms with Gasteiger partial charge in [0.2, 0.25) is 0 Å². The number of furan rings is 1. The third-order valence-corrected chi connectivity index (χ3v) is 5.22. The number of hydrogen-bond acceptors (Lipinski definition) is 5. The molecule has 6 heteroatoms. The van der Waals surface area contributed by atoms with Crippen molar-refractivity contribution in [2.45, 2.75) is 31.9 Å². The quantitative estimate of drug-likeness (QED) is 0.848. The number of nitrogens with zero attached hydrogens (tertiary/aromatic N) is 2. The van der Waals surface area contributed by atoms with Crippen LogP contribution in [0.2, 0.25) is 0 Å². The summed E-state index contributed by atoms with van der Waals surface area (Å²) in [6.07, 6.45) is 6.67. The number of hydroxylamine groups is 2. The fraction of sp³-hybridized carbons (Fsp3) is 0.706. The van der Waals surface area contributed by atoms with Gasteiger partial charge in [0, 0.05) is 44.3 Å². The van der Waals surface area contributed by atoms with Crippen molar-refractivity contribution in [3.63, 3.8) is 0 Å². The molecule has 1 aromatic heterocycles. The molecule has 0 saturated carbocycles. The molecule has 4 heterocycles. The number of rotatable bonds is 3. The van der Waals surface area contributed by atoms with E-state index in [0.717, 1.165) is 57.6 Å². The molecular formula is C17H24N2O4. The number of amides is 1. The van der Waals surface area contributed by atoms with Gasteiger partial charge in [0.1, 0.15) is 0 Å². The van der Waals surface area contributed by atoms with Crippen molar-refractivity contribution in [1.29, 1.82) is 0 Å². The standard InChI is InChI=1S/C17H24N2O4/c20-17(19-5-1-2-6-23-19)15-10-18(9-13-3-7-21-12-13)11-16-14(15)4-8-22-16/h3,7,12,14-16H,1-2,4-6,8-11H2/t14-,15-,16+/m1/s1. The van der Waals surface area contributed by atoms with Crippen LogP contribution in [0.25, 0.3) is 0 Å². The summed E-state index contributed by atoms with van der Waals surface area (Å²) < 4.78 is 11.1. The van der Waals surface area contributed by atoms with Crippen LogP contribution in [0.4, 0.5) is 0 Å². The van der Waals surface area contributed by atoms with Crippen LogP contribution >= 0.6 is 0 Å². The molecule has 23 heavy (non-hydrogen) atoms. The van der Waals surface area contributed by atoms with E-state index in [9.17, 15) is 4.79 Å². The smallest absolute Gasteiger partial charge is 0.250 e. The maximum Gasteiger partial charge on any atom is 0.250 e. The van der Waals surface area contributed by atoms with Crippen LogP contribution in [0.3, 0.4) is 0 Å². The van der Waals surface area contributed by atoms with E-state index >= 15 is 0 Å². The second-order valence-corrected chi connectivity index (χ2v) is 6.77. The van der Waals surface area contributed by atoms with Gasteiger partial charge in [-0.3, -0.25) is 14.5 Å². The molecule has 6 nitrogen and oxygen atoms in total. The minimum atomic E-state index is -0.0266. The third kappa shape index (κ3) is 3.16. The summed E-state index contributed by atoms with van der Waals surface area (Å²) in [5.41, 5.74) is 1.14. The molecule has 0 N–H and O–H groups in total.